The number of nitrogens with zero attached hydrogens (tertiary/aromatic N) is 2. The summed E-state index contributed by atoms with van der Waals surface area (Å²) in [6, 6.07) is 6.10. The predicted octanol–water partition coefficient (Wildman–Crippen LogP) is 3.29. The fourth-order valence-electron chi connectivity index (χ4n) is 1.99. The number of hydrogen-bond donors (Lipinski definition) is 1. The second kappa shape index (κ2) is 4.68. The Kier molecular flexibility index (Phi) is 2.98. The van der Waals surface area contributed by atoms with Crippen molar-refractivity contribution in [2.24, 2.45) is 0 Å². The minimum atomic E-state index is -0.985. The number of nitro groups is 1. The maximum Gasteiger partial charge on any atom is 0.347 e. The first-order valence-electron chi connectivity index (χ1n) is 6.05. The van der Waals surface area contributed by atoms with E-state index < -0.39 is 10.9 Å². The monoisotopic (exact) mass is 290 g/mol. The molecule has 0 radical (unpaired) electrons. The maximum atomic E-state index is 11.2. The molecule has 0 atom stereocenters. The first kappa shape index (κ1) is 12.7. The number of hydrogen-bond acceptors (Lipinski definition) is 5. The van der Waals surface area contributed by atoms with Gasteiger partial charge in [-0.1, -0.05) is 12.1 Å². The SMILES string of the molecule is O=C(O)c1sc(-c2cccc([N+](=O)[O-])c2)nc1C1CC1. The van der Waals surface area contributed by atoms with Crippen LogP contribution < -0.4 is 0 Å². The van der Waals surface area contributed by atoms with E-state index in [4.69, 9.17) is 0 Å². The molecule has 6 nitrogen and oxygen atoms in total. The van der Waals surface area contributed by atoms with Gasteiger partial charge in [0.15, 0.2) is 0 Å². The number of carboxylic acids is 1. The summed E-state index contributed by atoms with van der Waals surface area (Å²) in [5, 5.41) is 20.5. The highest BCUT2D eigenvalue weighted by Gasteiger charge is 2.32. The zero-order valence-electron chi connectivity index (χ0n) is 10.3. The molecule has 1 N–H and O–H groups in total. The molecule has 0 unspecified atom stereocenters. The summed E-state index contributed by atoms with van der Waals surface area (Å²) in [4.78, 5) is 26.2. The van der Waals surface area contributed by atoms with Gasteiger partial charge in [0.2, 0.25) is 0 Å². The quantitative estimate of drug-likeness (QED) is 0.688. The fraction of sp³-hybridized carbons (Fsp3) is 0.231. The first-order valence-corrected chi connectivity index (χ1v) is 6.86. The third-order valence-corrected chi connectivity index (χ3v) is 4.22. The van der Waals surface area contributed by atoms with E-state index in [9.17, 15) is 20.0 Å². The van der Waals surface area contributed by atoms with Gasteiger partial charge in [0, 0.05) is 23.6 Å². The Hall–Kier alpha value is -2.28. The van der Waals surface area contributed by atoms with Gasteiger partial charge in [0.1, 0.15) is 9.88 Å². The van der Waals surface area contributed by atoms with Gasteiger partial charge < -0.3 is 5.11 Å². The fourth-order valence-corrected chi connectivity index (χ4v) is 2.98. The van der Waals surface area contributed by atoms with Crippen LogP contribution in [0.1, 0.15) is 34.1 Å². The van der Waals surface area contributed by atoms with Crippen LogP contribution >= 0.6 is 11.3 Å². The van der Waals surface area contributed by atoms with Gasteiger partial charge in [0.05, 0.1) is 10.6 Å². The van der Waals surface area contributed by atoms with Crippen molar-refractivity contribution in [3.63, 3.8) is 0 Å². The van der Waals surface area contributed by atoms with Gasteiger partial charge in [-0.3, -0.25) is 10.1 Å². The molecule has 1 saturated carbocycles. The minimum Gasteiger partial charge on any atom is -0.477 e. The second-order valence-corrected chi connectivity index (χ2v) is 5.62. The number of carbonyl (C=O) groups is 1. The topological polar surface area (TPSA) is 93.3 Å². The largest absolute Gasteiger partial charge is 0.477 e. The number of rotatable bonds is 4. The number of nitro benzene ring substituents is 1. The van der Waals surface area contributed by atoms with Crippen LogP contribution in [0, 0.1) is 10.1 Å². The van der Waals surface area contributed by atoms with Gasteiger partial charge in [0.25, 0.3) is 5.69 Å². The van der Waals surface area contributed by atoms with E-state index in [0.29, 0.717) is 16.3 Å². The Morgan fingerprint density at radius 3 is 2.80 bits per heavy atom. The van der Waals surface area contributed by atoms with Gasteiger partial charge in [-0.2, -0.15) is 0 Å². The van der Waals surface area contributed by atoms with Crippen molar-refractivity contribution in [1.29, 1.82) is 0 Å². The maximum absolute atomic E-state index is 11.2. The van der Waals surface area contributed by atoms with E-state index in [1.54, 1.807) is 12.1 Å². The highest BCUT2D eigenvalue weighted by atomic mass is 32.1. The van der Waals surface area contributed by atoms with Gasteiger partial charge in [-0.05, 0) is 12.8 Å². The molecule has 102 valence electrons. The molecule has 1 aromatic heterocycles. The minimum absolute atomic E-state index is 0.0254. The van der Waals surface area contributed by atoms with Crippen molar-refractivity contribution in [3.05, 3.63) is 45.0 Å². The molecule has 0 bridgehead atoms. The van der Waals surface area contributed by atoms with E-state index in [0.717, 1.165) is 24.2 Å². The number of non-ortho nitro benzene ring substituents is 1. The molecule has 0 saturated heterocycles. The summed E-state index contributed by atoms with van der Waals surface area (Å²) in [5.74, 6) is -0.758. The molecule has 1 aliphatic rings. The van der Waals surface area contributed by atoms with E-state index in [2.05, 4.69) is 4.98 Å². The van der Waals surface area contributed by atoms with E-state index in [1.165, 1.54) is 12.1 Å². The molecule has 7 heteroatoms. The molecule has 0 spiro atoms. The van der Waals surface area contributed by atoms with E-state index >= 15 is 0 Å². The molecule has 2 aromatic rings. The van der Waals surface area contributed by atoms with Crippen LogP contribution in [-0.4, -0.2) is 21.0 Å². The number of carboxylic acid groups (broad SMARTS) is 1. The van der Waals surface area contributed by atoms with Crippen molar-refractivity contribution in [3.8, 4) is 10.6 Å². The third kappa shape index (κ3) is 2.27. The zero-order valence-corrected chi connectivity index (χ0v) is 11.1. The summed E-state index contributed by atoms with van der Waals surface area (Å²) in [6.07, 6.45) is 1.91. The van der Waals surface area contributed by atoms with Crippen molar-refractivity contribution >= 4 is 23.0 Å². The number of benzene rings is 1. The smallest absolute Gasteiger partial charge is 0.347 e. The highest BCUT2D eigenvalue weighted by Crippen LogP contribution is 2.44. The van der Waals surface area contributed by atoms with Crippen LogP contribution in [0.5, 0.6) is 0 Å². The third-order valence-electron chi connectivity index (χ3n) is 3.12. The van der Waals surface area contributed by atoms with E-state index in [-0.39, 0.29) is 16.5 Å². The van der Waals surface area contributed by atoms with Crippen LogP contribution in [0.3, 0.4) is 0 Å². The molecular weight excluding hydrogens is 280 g/mol. The number of aromatic carboxylic acids is 1. The second-order valence-electron chi connectivity index (χ2n) is 4.62. The zero-order chi connectivity index (χ0) is 14.3. The number of thiazole rings is 1. The molecule has 20 heavy (non-hydrogen) atoms. The lowest BCUT2D eigenvalue weighted by molar-refractivity contribution is -0.384. The standard InChI is InChI=1S/C13H10N2O4S/c16-13(17)11-10(7-4-5-7)14-12(20-11)8-2-1-3-9(6-8)15(18)19/h1-3,6-7H,4-5H2,(H,16,17). The average molecular weight is 290 g/mol. The van der Waals surface area contributed by atoms with Gasteiger partial charge >= 0.3 is 5.97 Å². The molecule has 1 fully saturated rings. The van der Waals surface area contributed by atoms with Crippen molar-refractivity contribution < 1.29 is 14.8 Å². The summed E-state index contributed by atoms with van der Waals surface area (Å²) in [6.45, 7) is 0. The summed E-state index contributed by atoms with van der Waals surface area (Å²) in [5.41, 5.74) is 1.17. The van der Waals surface area contributed by atoms with Crippen LogP contribution in [0.25, 0.3) is 10.6 Å². The Balaban J connectivity index is 2.06. The summed E-state index contributed by atoms with van der Waals surface area (Å²) < 4.78 is 0. The lowest BCUT2D eigenvalue weighted by Crippen LogP contribution is -1.97. The van der Waals surface area contributed by atoms with E-state index in [1.807, 2.05) is 0 Å². The van der Waals surface area contributed by atoms with Gasteiger partial charge in [-0.25, -0.2) is 9.78 Å². The van der Waals surface area contributed by atoms with Crippen molar-refractivity contribution in [2.45, 2.75) is 18.8 Å². The van der Waals surface area contributed by atoms with Crippen LogP contribution in [-0.2, 0) is 0 Å². The Morgan fingerprint density at radius 1 is 1.45 bits per heavy atom. The normalized spacial score (nSPS) is 14.2. The molecule has 0 aliphatic heterocycles. The first-order chi connectivity index (χ1) is 9.56. The molecule has 1 aromatic carbocycles. The molecule has 1 aliphatic carbocycles. The average Bonchev–Trinajstić information content (AvgIpc) is 3.17. The molecule has 0 amide bonds. The molecule has 3 rings (SSSR count). The Labute approximate surface area is 117 Å². The summed E-state index contributed by atoms with van der Waals surface area (Å²) in [7, 11) is 0. The predicted molar refractivity (Wildman–Crippen MR) is 73.1 cm³/mol. The van der Waals surface area contributed by atoms with Crippen molar-refractivity contribution in [1.82, 2.24) is 4.98 Å². The van der Waals surface area contributed by atoms with Crippen LogP contribution in [0.2, 0.25) is 0 Å². The molecule has 1 heterocycles. The highest BCUT2D eigenvalue weighted by molar-refractivity contribution is 7.17. The number of aromatic nitrogens is 1. The lowest BCUT2D eigenvalue weighted by atomic mass is 10.2. The van der Waals surface area contributed by atoms with Crippen LogP contribution in [0.4, 0.5) is 5.69 Å². The van der Waals surface area contributed by atoms with Crippen LogP contribution in [0.15, 0.2) is 24.3 Å². The Bertz CT molecular complexity index is 706. The molecular formula is C13H10N2O4S. The van der Waals surface area contributed by atoms with Crippen molar-refractivity contribution in [2.75, 3.05) is 0 Å². The Morgan fingerprint density at radius 2 is 2.20 bits per heavy atom. The lowest BCUT2D eigenvalue weighted by Gasteiger charge is -1.96. The van der Waals surface area contributed by atoms with Gasteiger partial charge in [-0.15, -0.1) is 11.3 Å². The summed E-state index contributed by atoms with van der Waals surface area (Å²) >= 11 is 1.08.